The summed E-state index contributed by atoms with van der Waals surface area (Å²) in [6.07, 6.45) is -2.23. The van der Waals surface area contributed by atoms with Gasteiger partial charge < -0.3 is 14.4 Å². The van der Waals surface area contributed by atoms with E-state index < -0.39 is 12.0 Å². The van der Waals surface area contributed by atoms with E-state index in [4.69, 9.17) is 0 Å². The number of amides is 2. The lowest BCUT2D eigenvalue weighted by Gasteiger charge is -2.35. The Labute approximate surface area is 142 Å². The van der Waals surface area contributed by atoms with Crippen LogP contribution >= 0.6 is 0 Å². The number of nitrogens with zero attached hydrogens (tertiary/aromatic N) is 5. The number of alkyl halides is 3. The number of hydrogen-bond donors (Lipinski definition) is 0. The minimum Gasteiger partial charge on any atom is -0.339 e. The molecule has 3 heterocycles. The molecule has 2 aliphatic heterocycles. The number of piperidine rings is 1. The van der Waals surface area contributed by atoms with Crippen molar-refractivity contribution in [3.63, 3.8) is 0 Å². The third-order valence-corrected chi connectivity index (χ3v) is 4.65. The Morgan fingerprint density at radius 1 is 1.08 bits per heavy atom. The van der Waals surface area contributed by atoms with Crippen molar-refractivity contribution in [2.24, 2.45) is 5.92 Å². The molecule has 136 valence electrons. The number of rotatable bonds is 2. The van der Waals surface area contributed by atoms with E-state index in [-0.39, 0.29) is 43.2 Å². The molecule has 0 radical (unpaired) electrons. The topological polar surface area (TPSA) is 71.3 Å². The maximum Gasteiger partial charge on any atom is 0.451 e. The number of likely N-dealkylation sites (tertiary alicyclic amines) is 1. The lowest BCUT2D eigenvalue weighted by molar-refractivity contribution is -0.148. The van der Waals surface area contributed by atoms with E-state index in [1.54, 1.807) is 4.90 Å². The summed E-state index contributed by atoms with van der Waals surface area (Å²) in [5.74, 6) is -1.37. The van der Waals surface area contributed by atoms with Gasteiger partial charge in [-0.2, -0.15) is 13.2 Å². The van der Waals surface area contributed by atoms with Gasteiger partial charge in [-0.3, -0.25) is 9.59 Å². The SMILES string of the molecule is C=CC(=O)N1CCC(C(=O)N2CCn3c(nnc3C(F)(F)F)C2)CC1. The minimum atomic E-state index is -4.55. The zero-order valence-corrected chi connectivity index (χ0v) is 13.5. The second-order valence-electron chi connectivity index (χ2n) is 6.15. The Hall–Kier alpha value is -2.39. The Balaban J connectivity index is 1.63. The van der Waals surface area contributed by atoms with Gasteiger partial charge in [0.25, 0.3) is 0 Å². The van der Waals surface area contributed by atoms with Gasteiger partial charge in [0, 0.05) is 32.1 Å². The molecular formula is C15H18F3N5O2. The lowest BCUT2D eigenvalue weighted by atomic mass is 9.95. The lowest BCUT2D eigenvalue weighted by Crippen LogP contribution is -2.46. The van der Waals surface area contributed by atoms with E-state index in [1.807, 2.05) is 0 Å². The summed E-state index contributed by atoms with van der Waals surface area (Å²) in [6.45, 7) is 4.63. The Morgan fingerprint density at radius 3 is 2.36 bits per heavy atom. The van der Waals surface area contributed by atoms with E-state index >= 15 is 0 Å². The van der Waals surface area contributed by atoms with Gasteiger partial charge in [0.15, 0.2) is 5.82 Å². The molecule has 1 fully saturated rings. The van der Waals surface area contributed by atoms with E-state index in [0.29, 0.717) is 25.9 Å². The molecule has 0 aliphatic carbocycles. The van der Waals surface area contributed by atoms with Crippen LogP contribution in [0.15, 0.2) is 12.7 Å². The third-order valence-electron chi connectivity index (χ3n) is 4.65. The fraction of sp³-hybridized carbons (Fsp3) is 0.600. The molecular weight excluding hydrogens is 339 g/mol. The summed E-state index contributed by atoms with van der Waals surface area (Å²) in [5.41, 5.74) is 0. The number of carbonyl (C=O) groups is 2. The van der Waals surface area contributed by atoms with Crippen LogP contribution in [0.4, 0.5) is 13.2 Å². The van der Waals surface area contributed by atoms with Crippen LogP contribution in [0.1, 0.15) is 24.5 Å². The van der Waals surface area contributed by atoms with Crippen molar-refractivity contribution in [1.29, 1.82) is 0 Å². The highest BCUT2D eigenvalue weighted by atomic mass is 19.4. The van der Waals surface area contributed by atoms with Gasteiger partial charge in [0.1, 0.15) is 0 Å². The minimum absolute atomic E-state index is 0.0215. The molecule has 7 nitrogen and oxygen atoms in total. The van der Waals surface area contributed by atoms with Gasteiger partial charge >= 0.3 is 6.18 Å². The molecule has 1 aromatic heterocycles. The van der Waals surface area contributed by atoms with Gasteiger partial charge in [-0.15, -0.1) is 10.2 Å². The fourth-order valence-electron chi connectivity index (χ4n) is 3.29. The molecule has 0 bridgehead atoms. The zero-order valence-electron chi connectivity index (χ0n) is 13.5. The van der Waals surface area contributed by atoms with Crippen molar-refractivity contribution in [3.8, 4) is 0 Å². The van der Waals surface area contributed by atoms with Crippen molar-refractivity contribution in [1.82, 2.24) is 24.6 Å². The quantitative estimate of drug-likeness (QED) is 0.742. The highest BCUT2D eigenvalue weighted by Gasteiger charge is 2.40. The first-order chi connectivity index (χ1) is 11.8. The van der Waals surface area contributed by atoms with Crippen LogP contribution in [0.5, 0.6) is 0 Å². The Bertz CT molecular complexity index is 692. The van der Waals surface area contributed by atoms with E-state index in [2.05, 4.69) is 16.8 Å². The van der Waals surface area contributed by atoms with Gasteiger partial charge in [-0.05, 0) is 18.9 Å². The zero-order chi connectivity index (χ0) is 18.2. The molecule has 0 aromatic carbocycles. The standard InChI is InChI=1S/C15H18F3N5O2/c1-2-12(24)21-5-3-10(4-6-21)13(25)22-7-8-23-11(9-22)19-20-14(23)15(16,17)18/h2,10H,1,3-9H2. The van der Waals surface area contributed by atoms with E-state index in [0.717, 1.165) is 4.57 Å². The van der Waals surface area contributed by atoms with Crippen molar-refractivity contribution in [3.05, 3.63) is 24.3 Å². The third kappa shape index (κ3) is 3.38. The molecule has 0 atom stereocenters. The monoisotopic (exact) mass is 357 g/mol. The molecule has 0 saturated carbocycles. The predicted molar refractivity (Wildman–Crippen MR) is 79.9 cm³/mol. The first-order valence-electron chi connectivity index (χ1n) is 8.00. The van der Waals surface area contributed by atoms with Crippen LogP contribution in [0.3, 0.4) is 0 Å². The maximum atomic E-state index is 12.8. The Kier molecular flexibility index (Phi) is 4.53. The summed E-state index contributed by atoms with van der Waals surface area (Å²) in [4.78, 5) is 27.4. The van der Waals surface area contributed by atoms with Crippen LogP contribution in [0.25, 0.3) is 0 Å². The number of hydrogen-bond acceptors (Lipinski definition) is 4. The molecule has 2 amide bonds. The highest BCUT2D eigenvalue weighted by molar-refractivity contribution is 5.87. The Morgan fingerprint density at radius 2 is 1.76 bits per heavy atom. The fourth-order valence-corrected chi connectivity index (χ4v) is 3.29. The van der Waals surface area contributed by atoms with Gasteiger partial charge in [0.2, 0.25) is 17.6 Å². The number of fused-ring (bicyclic) bond motifs is 1. The van der Waals surface area contributed by atoms with Crippen LogP contribution in [0.2, 0.25) is 0 Å². The number of aromatic nitrogens is 3. The van der Waals surface area contributed by atoms with Crippen molar-refractivity contribution >= 4 is 11.8 Å². The summed E-state index contributed by atoms with van der Waals surface area (Å²) in [6, 6.07) is 0. The smallest absolute Gasteiger partial charge is 0.339 e. The molecule has 0 spiro atoms. The first-order valence-corrected chi connectivity index (χ1v) is 8.00. The van der Waals surface area contributed by atoms with Crippen molar-refractivity contribution < 1.29 is 22.8 Å². The van der Waals surface area contributed by atoms with Crippen LogP contribution in [-0.2, 0) is 28.9 Å². The summed E-state index contributed by atoms with van der Waals surface area (Å²) in [5, 5.41) is 6.79. The summed E-state index contributed by atoms with van der Waals surface area (Å²) in [7, 11) is 0. The van der Waals surface area contributed by atoms with Crippen LogP contribution < -0.4 is 0 Å². The molecule has 1 saturated heterocycles. The number of halogens is 3. The molecule has 2 aliphatic rings. The molecule has 0 unspecified atom stereocenters. The molecule has 3 rings (SSSR count). The maximum absolute atomic E-state index is 12.8. The van der Waals surface area contributed by atoms with Crippen molar-refractivity contribution in [2.75, 3.05) is 19.6 Å². The van der Waals surface area contributed by atoms with Crippen molar-refractivity contribution in [2.45, 2.75) is 32.1 Å². The van der Waals surface area contributed by atoms with E-state index in [9.17, 15) is 22.8 Å². The normalized spacial score (nSPS) is 18.8. The average molecular weight is 357 g/mol. The van der Waals surface area contributed by atoms with Crippen LogP contribution in [-0.4, -0.2) is 56.0 Å². The highest BCUT2D eigenvalue weighted by Crippen LogP contribution is 2.30. The molecule has 0 N–H and O–H groups in total. The largest absolute Gasteiger partial charge is 0.451 e. The van der Waals surface area contributed by atoms with Crippen LogP contribution in [0, 0.1) is 5.92 Å². The molecule has 10 heteroatoms. The molecule has 25 heavy (non-hydrogen) atoms. The number of carbonyl (C=O) groups excluding carboxylic acids is 2. The van der Waals surface area contributed by atoms with Gasteiger partial charge in [-0.25, -0.2) is 0 Å². The van der Waals surface area contributed by atoms with Gasteiger partial charge in [-0.1, -0.05) is 6.58 Å². The second kappa shape index (κ2) is 6.49. The van der Waals surface area contributed by atoms with E-state index in [1.165, 1.54) is 11.0 Å². The predicted octanol–water partition coefficient (Wildman–Crippen LogP) is 1.06. The van der Waals surface area contributed by atoms with Gasteiger partial charge in [0.05, 0.1) is 6.54 Å². The summed E-state index contributed by atoms with van der Waals surface area (Å²) >= 11 is 0. The summed E-state index contributed by atoms with van der Waals surface area (Å²) < 4.78 is 39.6. The average Bonchev–Trinajstić information content (AvgIpc) is 3.04. The first kappa shape index (κ1) is 17.4. The second-order valence-corrected chi connectivity index (χ2v) is 6.15. The molecule has 1 aromatic rings.